The number of halogens is 1. The molecule has 2 unspecified atom stereocenters. The zero-order chi connectivity index (χ0) is 15.4. The highest BCUT2D eigenvalue weighted by Crippen LogP contribution is 2.21. The van der Waals surface area contributed by atoms with Crippen molar-refractivity contribution in [1.29, 1.82) is 0 Å². The average Bonchev–Trinajstić information content (AvgIpc) is 2.54. The third-order valence-corrected chi connectivity index (χ3v) is 5.42. The molecule has 4 heteroatoms. The molecule has 0 amide bonds. The van der Waals surface area contributed by atoms with Crippen molar-refractivity contribution in [3.8, 4) is 0 Å². The van der Waals surface area contributed by atoms with E-state index in [4.69, 9.17) is 0 Å². The van der Waals surface area contributed by atoms with E-state index >= 15 is 0 Å². The van der Waals surface area contributed by atoms with Gasteiger partial charge >= 0.3 is 0 Å². The van der Waals surface area contributed by atoms with Crippen LogP contribution in [-0.4, -0.2) is 54.6 Å². The summed E-state index contributed by atoms with van der Waals surface area (Å²) in [6.07, 6.45) is 2.71. The highest BCUT2D eigenvalue weighted by Gasteiger charge is 2.30. The molecule has 0 aromatic heterocycles. The summed E-state index contributed by atoms with van der Waals surface area (Å²) in [7, 11) is 0. The molecule has 3 nitrogen and oxygen atoms in total. The van der Waals surface area contributed by atoms with Gasteiger partial charge < -0.3 is 5.32 Å². The summed E-state index contributed by atoms with van der Waals surface area (Å²) < 4.78 is 0. The number of rotatable bonds is 4. The lowest BCUT2D eigenvalue weighted by Gasteiger charge is -2.45. The van der Waals surface area contributed by atoms with Crippen LogP contribution >= 0.6 is 12.4 Å². The van der Waals surface area contributed by atoms with Gasteiger partial charge in [-0.25, -0.2) is 0 Å². The van der Waals surface area contributed by atoms with Crippen LogP contribution in [0.15, 0.2) is 30.3 Å². The van der Waals surface area contributed by atoms with Crippen LogP contribution in [0.1, 0.15) is 32.3 Å². The zero-order valence-corrected chi connectivity index (χ0v) is 15.4. The Labute approximate surface area is 147 Å². The molecule has 2 aliphatic heterocycles. The highest BCUT2D eigenvalue weighted by molar-refractivity contribution is 5.85. The zero-order valence-electron chi connectivity index (χ0n) is 14.6. The lowest BCUT2D eigenvalue weighted by Crippen LogP contribution is -2.57. The third-order valence-electron chi connectivity index (χ3n) is 5.42. The van der Waals surface area contributed by atoms with Gasteiger partial charge in [-0.05, 0) is 51.3 Å². The first-order valence-electron chi connectivity index (χ1n) is 8.95. The van der Waals surface area contributed by atoms with E-state index in [1.165, 1.54) is 51.1 Å². The van der Waals surface area contributed by atoms with Gasteiger partial charge in [0, 0.05) is 38.3 Å². The first-order valence-corrected chi connectivity index (χ1v) is 8.95. The van der Waals surface area contributed by atoms with Crippen molar-refractivity contribution in [3.05, 3.63) is 35.9 Å². The third kappa shape index (κ3) is 5.18. The van der Waals surface area contributed by atoms with Crippen LogP contribution in [0.4, 0.5) is 0 Å². The average molecular weight is 338 g/mol. The molecule has 0 spiro atoms. The lowest BCUT2D eigenvalue weighted by molar-refractivity contribution is 0.0254. The minimum Gasteiger partial charge on any atom is -0.317 e. The molecule has 0 bridgehead atoms. The van der Waals surface area contributed by atoms with Crippen LogP contribution in [0.3, 0.4) is 0 Å². The molecule has 1 aromatic rings. The Hall–Kier alpha value is -0.610. The van der Waals surface area contributed by atoms with Crippen LogP contribution in [-0.2, 0) is 6.54 Å². The van der Waals surface area contributed by atoms with Crippen molar-refractivity contribution in [1.82, 2.24) is 15.1 Å². The molecule has 0 saturated carbocycles. The van der Waals surface area contributed by atoms with E-state index in [0.717, 1.165) is 12.5 Å². The molecule has 2 saturated heterocycles. The molecule has 23 heavy (non-hydrogen) atoms. The second-order valence-electron chi connectivity index (χ2n) is 7.26. The van der Waals surface area contributed by atoms with Gasteiger partial charge in [0.2, 0.25) is 0 Å². The first kappa shape index (κ1) is 18.7. The summed E-state index contributed by atoms with van der Waals surface area (Å²) >= 11 is 0. The van der Waals surface area contributed by atoms with Crippen molar-refractivity contribution >= 4 is 12.4 Å². The van der Waals surface area contributed by atoms with Crippen molar-refractivity contribution in [2.45, 2.75) is 45.3 Å². The predicted molar refractivity (Wildman–Crippen MR) is 100 cm³/mol. The Kier molecular flexibility index (Phi) is 7.35. The number of hydrogen-bond donors (Lipinski definition) is 1. The Bertz CT molecular complexity index is 447. The van der Waals surface area contributed by atoms with E-state index in [-0.39, 0.29) is 12.4 Å². The molecule has 0 radical (unpaired) electrons. The molecule has 130 valence electrons. The summed E-state index contributed by atoms with van der Waals surface area (Å²) in [6, 6.07) is 12.2. The lowest BCUT2D eigenvalue weighted by atomic mass is 9.95. The van der Waals surface area contributed by atoms with E-state index < -0.39 is 0 Å². The monoisotopic (exact) mass is 337 g/mol. The van der Waals surface area contributed by atoms with Gasteiger partial charge in [0.25, 0.3) is 0 Å². The highest BCUT2D eigenvalue weighted by atomic mass is 35.5. The minimum atomic E-state index is 0. The van der Waals surface area contributed by atoms with Gasteiger partial charge in [-0.3, -0.25) is 9.80 Å². The van der Waals surface area contributed by atoms with Crippen LogP contribution in [0.25, 0.3) is 0 Å². The van der Waals surface area contributed by atoms with Gasteiger partial charge in [0.05, 0.1) is 0 Å². The first-order chi connectivity index (χ1) is 10.7. The smallest absolute Gasteiger partial charge is 0.0237 e. The minimum absolute atomic E-state index is 0. The summed E-state index contributed by atoms with van der Waals surface area (Å²) in [5, 5.41) is 3.48. The summed E-state index contributed by atoms with van der Waals surface area (Å²) in [5.41, 5.74) is 1.44. The normalized spacial score (nSPS) is 27.6. The Morgan fingerprint density at radius 3 is 2.26 bits per heavy atom. The van der Waals surface area contributed by atoms with Crippen molar-refractivity contribution < 1.29 is 0 Å². The van der Waals surface area contributed by atoms with Gasteiger partial charge in [-0.2, -0.15) is 0 Å². The molecule has 2 aliphatic rings. The second-order valence-corrected chi connectivity index (χ2v) is 7.26. The van der Waals surface area contributed by atoms with E-state index in [1.54, 1.807) is 0 Å². The maximum atomic E-state index is 3.48. The molecule has 0 aliphatic carbocycles. The SMILES string of the molecule is CC1CN(CC2CCNCC2)C(C)CN1Cc1ccccc1.Cl. The van der Waals surface area contributed by atoms with Crippen LogP contribution in [0.5, 0.6) is 0 Å². The topological polar surface area (TPSA) is 18.5 Å². The molecule has 2 heterocycles. The fourth-order valence-corrected chi connectivity index (χ4v) is 3.96. The number of benzene rings is 1. The number of nitrogens with one attached hydrogen (secondary N) is 1. The van der Waals surface area contributed by atoms with Gasteiger partial charge in [-0.15, -0.1) is 12.4 Å². The van der Waals surface area contributed by atoms with Crippen molar-refractivity contribution in [2.75, 3.05) is 32.7 Å². The summed E-state index contributed by atoms with van der Waals surface area (Å²) in [5.74, 6) is 0.900. The summed E-state index contributed by atoms with van der Waals surface area (Å²) in [4.78, 5) is 5.39. The van der Waals surface area contributed by atoms with E-state index in [2.05, 4.69) is 59.3 Å². The number of hydrogen-bond acceptors (Lipinski definition) is 3. The molecule has 2 atom stereocenters. The maximum absolute atomic E-state index is 3.48. The molecule has 3 rings (SSSR count). The predicted octanol–water partition coefficient (Wildman–Crippen LogP) is 3.00. The van der Waals surface area contributed by atoms with E-state index in [9.17, 15) is 0 Å². The van der Waals surface area contributed by atoms with E-state index in [1.807, 2.05) is 0 Å². The standard InChI is InChI=1S/C19H31N3.ClH/c1-16-13-22(15-19-8-10-20-11-9-19)17(2)12-21(16)14-18-6-4-3-5-7-18;/h3-7,16-17,19-20H,8-15H2,1-2H3;1H. The Morgan fingerprint density at radius 2 is 1.57 bits per heavy atom. The van der Waals surface area contributed by atoms with Crippen molar-refractivity contribution in [2.24, 2.45) is 5.92 Å². The Morgan fingerprint density at radius 1 is 0.957 bits per heavy atom. The summed E-state index contributed by atoms with van der Waals surface area (Å²) in [6.45, 7) is 12.0. The second kappa shape index (κ2) is 9.03. The van der Waals surface area contributed by atoms with Gasteiger partial charge in [-0.1, -0.05) is 30.3 Å². The fourth-order valence-electron chi connectivity index (χ4n) is 3.96. The number of piperidine rings is 1. The molecular formula is C19H32ClN3. The fraction of sp³-hybridized carbons (Fsp3) is 0.684. The molecule has 1 aromatic carbocycles. The largest absolute Gasteiger partial charge is 0.317 e. The van der Waals surface area contributed by atoms with Crippen LogP contribution in [0, 0.1) is 5.92 Å². The number of nitrogens with zero attached hydrogens (tertiary/aromatic N) is 2. The quantitative estimate of drug-likeness (QED) is 0.911. The van der Waals surface area contributed by atoms with Crippen LogP contribution < -0.4 is 5.32 Å². The molecular weight excluding hydrogens is 306 g/mol. The van der Waals surface area contributed by atoms with Gasteiger partial charge in [0.15, 0.2) is 0 Å². The van der Waals surface area contributed by atoms with Crippen molar-refractivity contribution in [3.63, 3.8) is 0 Å². The molecule has 1 N–H and O–H groups in total. The number of piperazine rings is 1. The molecule has 2 fully saturated rings. The Balaban J connectivity index is 0.00000192. The maximum Gasteiger partial charge on any atom is 0.0237 e. The van der Waals surface area contributed by atoms with Gasteiger partial charge in [0.1, 0.15) is 0 Å². The van der Waals surface area contributed by atoms with Crippen LogP contribution in [0.2, 0.25) is 0 Å². The van der Waals surface area contributed by atoms with E-state index in [0.29, 0.717) is 12.1 Å².